The van der Waals surface area contributed by atoms with Gasteiger partial charge >= 0.3 is 0 Å². The molecule has 0 saturated heterocycles. The fourth-order valence-corrected chi connectivity index (χ4v) is 2.80. The average molecular weight is 338 g/mol. The number of rotatable bonds is 5. The highest BCUT2D eigenvalue weighted by Crippen LogP contribution is 2.17. The number of benzene rings is 2. The molecule has 0 aliphatic carbocycles. The SMILES string of the molecule is CCCO/C(=N/S(=O)(=O)c1ccc(Cl)cc1)c1ccccc1. The highest BCUT2D eigenvalue weighted by atomic mass is 35.5. The highest BCUT2D eigenvalue weighted by molar-refractivity contribution is 7.90. The first-order valence-corrected chi connectivity index (χ1v) is 8.63. The molecule has 0 aliphatic rings. The Labute approximate surface area is 135 Å². The van der Waals surface area contributed by atoms with Gasteiger partial charge in [0.2, 0.25) is 5.90 Å². The molecule has 0 atom stereocenters. The molecule has 2 aromatic rings. The van der Waals surface area contributed by atoms with Gasteiger partial charge in [-0.05, 0) is 42.8 Å². The van der Waals surface area contributed by atoms with Crippen LogP contribution in [-0.4, -0.2) is 20.9 Å². The maximum atomic E-state index is 12.4. The molecule has 0 unspecified atom stereocenters. The third kappa shape index (κ3) is 4.32. The molecule has 0 amide bonds. The summed E-state index contributed by atoms with van der Waals surface area (Å²) in [5.74, 6) is 0.0948. The van der Waals surface area contributed by atoms with Crippen molar-refractivity contribution in [3.05, 3.63) is 65.2 Å². The smallest absolute Gasteiger partial charge is 0.285 e. The molecule has 0 aromatic heterocycles. The van der Waals surface area contributed by atoms with Crippen LogP contribution in [0.2, 0.25) is 5.02 Å². The maximum Gasteiger partial charge on any atom is 0.285 e. The van der Waals surface area contributed by atoms with Crippen molar-refractivity contribution < 1.29 is 13.2 Å². The van der Waals surface area contributed by atoms with Gasteiger partial charge in [-0.1, -0.05) is 36.7 Å². The Bertz CT molecular complexity index is 741. The van der Waals surface area contributed by atoms with Crippen LogP contribution in [0.5, 0.6) is 0 Å². The number of halogens is 1. The summed E-state index contributed by atoms with van der Waals surface area (Å²) < 4.78 is 34.1. The summed E-state index contributed by atoms with van der Waals surface area (Å²) >= 11 is 5.78. The minimum absolute atomic E-state index is 0.0745. The van der Waals surface area contributed by atoms with Crippen LogP contribution in [0.4, 0.5) is 0 Å². The fraction of sp³-hybridized carbons (Fsp3) is 0.188. The van der Waals surface area contributed by atoms with Gasteiger partial charge in [-0.15, -0.1) is 4.40 Å². The van der Waals surface area contributed by atoms with Gasteiger partial charge in [0.25, 0.3) is 10.0 Å². The molecule has 0 radical (unpaired) electrons. The first-order valence-electron chi connectivity index (χ1n) is 6.81. The van der Waals surface area contributed by atoms with Gasteiger partial charge < -0.3 is 4.74 Å². The van der Waals surface area contributed by atoms with Gasteiger partial charge in [-0.2, -0.15) is 8.42 Å². The second kappa shape index (κ2) is 7.42. The Balaban J connectivity index is 2.41. The van der Waals surface area contributed by atoms with Gasteiger partial charge in [0, 0.05) is 10.6 Å². The number of ether oxygens (including phenoxy) is 1. The number of hydrogen-bond donors (Lipinski definition) is 0. The number of nitrogens with zero attached hydrogens (tertiary/aromatic N) is 1. The Kier molecular flexibility index (Phi) is 5.57. The molecule has 0 spiro atoms. The Morgan fingerprint density at radius 1 is 1.09 bits per heavy atom. The molecule has 0 aliphatic heterocycles. The van der Waals surface area contributed by atoms with Gasteiger partial charge in [-0.25, -0.2) is 0 Å². The molecular weight excluding hydrogens is 322 g/mol. The third-order valence-corrected chi connectivity index (χ3v) is 4.30. The Hall–Kier alpha value is -1.85. The standard InChI is InChI=1S/C16H16ClNO3S/c1-2-12-21-16(13-6-4-3-5-7-13)18-22(19,20)15-10-8-14(17)9-11-15/h3-11H,2,12H2,1H3/b18-16+. The summed E-state index contributed by atoms with van der Waals surface area (Å²) in [6.45, 7) is 2.33. The fourth-order valence-electron chi connectivity index (χ4n) is 1.71. The largest absolute Gasteiger partial charge is 0.477 e. The molecule has 0 N–H and O–H groups in total. The third-order valence-electron chi connectivity index (χ3n) is 2.78. The first-order chi connectivity index (χ1) is 10.5. The van der Waals surface area contributed by atoms with E-state index < -0.39 is 10.0 Å². The molecule has 0 bridgehead atoms. The van der Waals surface area contributed by atoms with Crippen molar-refractivity contribution in [1.29, 1.82) is 0 Å². The monoisotopic (exact) mass is 337 g/mol. The van der Waals surface area contributed by atoms with Gasteiger partial charge in [0.15, 0.2) is 0 Å². The van der Waals surface area contributed by atoms with E-state index in [-0.39, 0.29) is 10.8 Å². The van der Waals surface area contributed by atoms with Crippen LogP contribution in [0.1, 0.15) is 18.9 Å². The lowest BCUT2D eigenvalue weighted by Crippen LogP contribution is -2.11. The summed E-state index contributed by atoms with van der Waals surface area (Å²) in [5.41, 5.74) is 0.619. The summed E-state index contributed by atoms with van der Waals surface area (Å²) in [7, 11) is -3.85. The van der Waals surface area contributed by atoms with Crippen molar-refractivity contribution in [3.63, 3.8) is 0 Å². The quantitative estimate of drug-likeness (QED) is 0.614. The van der Waals surface area contributed by atoms with E-state index in [9.17, 15) is 8.42 Å². The molecule has 116 valence electrons. The molecule has 2 aromatic carbocycles. The molecule has 0 heterocycles. The van der Waals surface area contributed by atoms with Crippen molar-refractivity contribution in [2.24, 2.45) is 4.40 Å². The molecule has 22 heavy (non-hydrogen) atoms. The number of sulfonamides is 1. The van der Waals surface area contributed by atoms with E-state index in [0.717, 1.165) is 6.42 Å². The van der Waals surface area contributed by atoms with E-state index in [1.165, 1.54) is 24.3 Å². The van der Waals surface area contributed by atoms with Gasteiger partial charge in [0.1, 0.15) is 0 Å². The minimum atomic E-state index is -3.85. The van der Waals surface area contributed by atoms with Crippen LogP contribution in [0.15, 0.2) is 63.9 Å². The average Bonchev–Trinajstić information content (AvgIpc) is 2.52. The zero-order valence-corrected chi connectivity index (χ0v) is 13.6. The van der Waals surface area contributed by atoms with Crippen molar-refractivity contribution in [1.82, 2.24) is 0 Å². The number of hydrogen-bond acceptors (Lipinski definition) is 3. The van der Waals surface area contributed by atoms with Crippen LogP contribution in [-0.2, 0) is 14.8 Å². The summed E-state index contributed by atoms with van der Waals surface area (Å²) in [6, 6.07) is 14.8. The summed E-state index contributed by atoms with van der Waals surface area (Å²) in [4.78, 5) is 0.0745. The summed E-state index contributed by atoms with van der Waals surface area (Å²) in [6.07, 6.45) is 0.757. The van der Waals surface area contributed by atoms with E-state index >= 15 is 0 Å². The van der Waals surface area contributed by atoms with Gasteiger partial charge in [0.05, 0.1) is 11.5 Å². The lowest BCUT2D eigenvalue weighted by atomic mass is 10.2. The molecule has 2 rings (SSSR count). The van der Waals surface area contributed by atoms with E-state index in [1.807, 2.05) is 13.0 Å². The van der Waals surface area contributed by atoms with Crippen LogP contribution >= 0.6 is 11.6 Å². The van der Waals surface area contributed by atoms with Gasteiger partial charge in [-0.3, -0.25) is 0 Å². The van der Waals surface area contributed by atoms with E-state index in [4.69, 9.17) is 16.3 Å². The predicted octanol–water partition coefficient (Wildman–Crippen LogP) is 3.90. The molecule has 4 nitrogen and oxygen atoms in total. The van der Waals surface area contributed by atoms with Crippen molar-refractivity contribution in [2.45, 2.75) is 18.2 Å². The summed E-state index contributed by atoms with van der Waals surface area (Å²) in [5, 5.41) is 0.466. The van der Waals surface area contributed by atoms with E-state index in [0.29, 0.717) is 17.2 Å². The van der Waals surface area contributed by atoms with Crippen LogP contribution in [0, 0.1) is 0 Å². The Morgan fingerprint density at radius 2 is 1.73 bits per heavy atom. The topological polar surface area (TPSA) is 55.7 Å². The van der Waals surface area contributed by atoms with Crippen molar-refractivity contribution in [3.8, 4) is 0 Å². The molecule has 6 heteroatoms. The second-order valence-electron chi connectivity index (χ2n) is 4.54. The van der Waals surface area contributed by atoms with Crippen LogP contribution in [0.3, 0.4) is 0 Å². The Morgan fingerprint density at radius 3 is 2.32 bits per heavy atom. The second-order valence-corrected chi connectivity index (χ2v) is 6.58. The normalized spacial score (nSPS) is 12.2. The minimum Gasteiger partial charge on any atom is -0.477 e. The van der Waals surface area contributed by atoms with Crippen molar-refractivity contribution in [2.75, 3.05) is 6.61 Å². The van der Waals surface area contributed by atoms with E-state index in [1.54, 1.807) is 24.3 Å². The highest BCUT2D eigenvalue weighted by Gasteiger charge is 2.16. The van der Waals surface area contributed by atoms with Crippen LogP contribution < -0.4 is 0 Å². The zero-order chi connectivity index (χ0) is 16.0. The lowest BCUT2D eigenvalue weighted by Gasteiger charge is -2.09. The molecule has 0 fully saturated rings. The van der Waals surface area contributed by atoms with Crippen molar-refractivity contribution >= 4 is 27.5 Å². The predicted molar refractivity (Wildman–Crippen MR) is 87.9 cm³/mol. The lowest BCUT2D eigenvalue weighted by molar-refractivity contribution is 0.306. The zero-order valence-electron chi connectivity index (χ0n) is 12.1. The molecule has 0 saturated carbocycles. The maximum absolute atomic E-state index is 12.4. The molecular formula is C16H16ClNO3S. The van der Waals surface area contributed by atoms with E-state index in [2.05, 4.69) is 4.40 Å². The first kappa shape index (κ1) is 16.5. The van der Waals surface area contributed by atoms with Crippen LogP contribution in [0.25, 0.3) is 0 Å².